The maximum absolute atomic E-state index is 10.4. The Balaban J connectivity index is 3.93. The Morgan fingerprint density at radius 1 is 1.00 bits per heavy atom. The molecular formula is C19H38O. The van der Waals surface area contributed by atoms with Crippen LogP contribution in [0.4, 0.5) is 0 Å². The van der Waals surface area contributed by atoms with Crippen molar-refractivity contribution in [1.82, 2.24) is 0 Å². The van der Waals surface area contributed by atoms with Gasteiger partial charge in [0.05, 0.1) is 6.10 Å². The highest BCUT2D eigenvalue weighted by Crippen LogP contribution is 2.35. The van der Waals surface area contributed by atoms with Crippen LogP contribution in [-0.2, 0) is 0 Å². The molecule has 0 bridgehead atoms. The van der Waals surface area contributed by atoms with E-state index in [-0.39, 0.29) is 17.4 Å². The van der Waals surface area contributed by atoms with Gasteiger partial charge in [-0.25, -0.2) is 0 Å². The molecule has 0 fully saturated rings. The lowest BCUT2D eigenvalue weighted by molar-refractivity contribution is 0.0563. The SMILES string of the molecule is C=CC(C(O)CCCCCCCCC)C(C)C(C)(C)C. The quantitative estimate of drug-likeness (QED) is 0.365. The van der Waals surface area contributed by atoms with Crippen molar-refractivity contribution in [2.45, 2.75) is 92.1 Å². The van der Waals surface area contributed by atoms with Crippen molar-refractivity contribution in [3.63, 3.8) is 0 Å². The average Bonchev–Trinajstić information content (AvgIpc) is 2.37. The fourth-order valence-corrected chi connectivity index (χ4v) is 2.77. The van der Waals surface area contributed by atoms with E-state index in [2.05, 4.69) is 41.2 Å². The highest BCUT2D eigenvalue weighted by atomic mass is 16.3. The molecule has 0 amide bonds. The first-order valence-corrected chi connectivity index (χ1v) is 8.65. The second-order valence-corrected chi connectivity index (χ2v) is 7.45. The lowest BCUT2D eigenvalue weighted by Gasteiger charge is -2.35. The Hall–Kier alpha value is -0.300. The van der Waals surface area contributed by atoms with Crippen LogP contribution in [0.25, 0.3) is 0 Å². The van der Waals surface area contributed by atoms with Gasteiger partial charge < -0.3 is 5.11 Å². The summed E-state index contributed by atoms with van der Waals surface area (Å²) in [5.41, 5.74) is 0.222. The Bertz CT molecular complexity index is 239. The Kier molecular flexibility index (Phi) is 10.3. The van der Waals surface area contributed by atoms with E-state index in [4.69, 9.17) is 0 Å². The predicted octanol–water partition coefficient (Wildman–Crippen LogP) is 5.97. The minimum Gasteiger partial charge on any atom is -0.393 e. The first kappa shape index (κ1) is 19.7. The van der Waals surface area contributed by atoms with E-state index in [1.807, 2.05) is 6.08 Å². The molecule has 20 heavy (non-hydrogen) atoms. The van der Waals surface area contributed by atoms with Gasteiger partial charge in [-0.05, 0) is 17.8 Å². The number of unbranched alkanes of at least 4 members (excludes halogenated alkanes) is 6. The van der Waals surface area contributed by atoms with Crippen LogP contribution in [0.3, 0.4) is 0 Å². The molecule has 0 saturated carbocycles. The Morgan fingerprint density at radius 2 is 1.50 bits per heavy atom. The fraction of sp³-hybridized carbons (Fsp3) is 0.895. The molecule has 0 aliphatic rings. The monoisotopic (exact) mass is 282 g/mol. The number of aliphatic hydroxyl groups excluding tert-OH is 1. The molecule has 1 N–H and O–H groups in total. The van der Waals surface area contributed by atoms with Crippen LogP contribution >= 0.6 is 0 Å². The van der Waals surface area contributed by atoms with E-state index in [1.54, 1.807) is 0 Å². The maximum Gasteiger partial charge on any atom is 0.0605 e. The molecular weight excluding hydrogens is 244 g/mol. The van der Waals surface area contributed by atoms with E-state index in [9.17, 15) is 5.11 Å². The van der Waals surface area contributed by atoms with Gasteiger partial charge in [0.25, 0.3) is 0 Å². The van der Waals surface area contributed by atoms with Gasteiger partial charge in [0.1, 0.15) is 0 Å². The van der Waals surface area contributed by atoms with Crippen LogP contribution in [0, 0.1) is 17.3 Å². The molecule has 3 unspecified atom stereocenters. The summed E-state index contributed by atoms with van der Waals surface area (Å²) in [6, 6.07) is 0. The third kappa shape index (κ3) is 8.09. The molecule has 0 aromatic rings. The molecule has 0 aromatic carbocycles. The van der Waals surface area contributed by atoms with Gasteiger partial charge in [-0.2, -0.15) is 0 Å². The number of hydrogen-bond donors (Lipinski definition) is 1. The lowest BCUT2D eigenvalue weighted by atomic mass is 9.72. The van der Waals surface area contributed by atoms with Crippen LogP contribution in [-0.4, -0.2) is 11.2 Å². The zero-order valence-electron chi connectivity index (χ0n) is 14.6. The van der Waals surface area contributed by atoms with Gasteiger partial charge in [-0.3, -0.25) is 0 Å². The summed E-state index contributed by atoms with van der Waals surface area (Å²) < 4.78 is 0. The molecule has 0 aromatic heterocycles. The summed E-state index contributed by atoms with van der Waals surface area (Å²) in [4.78, 5) is 0. The number of hydrogen-bond acceptors (Lipinski definition) is 1. The van der Waals surface area contributed by atoms with Crippen LogP contribution in [0.15, 0.2) is 12.7 Å². The van der Waals surface area contributed by atoms with E-state index in [0.29, 0.717) is 5.92 Å². The molecule has 120 valence electrons. The van der Waals surface area contributed by atoms with E-state index in [0.717, 1.165) is 12.8 Å². The number of rotatable bonds is 11. The third-order valence-corrected chi connectivity index (χ3v) is 4.76. The summed E-state index contributed by atoms with van der Waals surface area (Å²) in [5, 5.41) is 10.4. The zero-order chi connectivity index (χ0) is 15.6. The van der Waals surface area contributed by atoms with E-state index < -0.39 is 0 Å². The summed E-state index contributed by atoms with van der Waals surface area (Å²) in [6.45, 7) is 15.2. The maximum atomic E-state index is 10.4. The molecule has 0 aliphatic heterocycles. The second-order valence-electron chi connectivity index (χ2n) is 7.45. The fourth-order valence-electron chi connectivity index (χ4n) is 2.77. The first-order valence-electron chi connectivity index (χ1n) is 8.65. The standard InChI is InChI=1S/C19H38O/c1-7-9-10-11-12-13-14-15-18(20)17(8-2)16(3)19(4,5)6/h8,16-18,20H,2,7,9-15H2,1,3-6H3. The molecule has 0 heterocycles. The van der Waals surface area contributed by atoms with Gasteiger partial charge >= 0.3 is 0 Å². The largest absolute Gasteiger partial charge is 0.393 e. The van der Waals surface area contributed by atoms with Crippen LogP contribution < -0.4 is 0 Å². The summed E-state index contributed by atoms with van der Waals surface area (Å²) in [7, 11) is 0. The van der Waals surface area contributed by atoms with Gasteiger partial charge in [0.2, 0.25) is 0 Å². The molecule has 3 atom stereocenters. The van der Waals surface area contributed by atoms with E-state index >= 15 is 0 Å². The van der Waals surface area contributed by atoms with E-state index in [1.165, 1.54) is 38.5 Å². The normalized spacial score (nSPS) is 16.7. The van der Waals surface area contributed by atoms with Crippen LogP contribution in [0.5, 0.6) is 0 Å². The van der Waals surface area contributed by atoms with Gasteiger partial charge in [-0.15, -0.1) is 6.58 Å². The molecule has 1 heteroatoms. The van der Waals surface area contributed by atoms with Gasteiger partial charge in [0.15, 0.2) is 0 Å². The summed E-state index contributed by atoms with van der Waals surface area (Å²) in [5.74, 6) is 0.676. The highest BCUT2D eigenvalue weighted by molar-refractivity contribution is 4.92. The first-order chi connectivity index (χ1) is 9.34. The lowest BCUT2D eigenvalue weighted by Crippen LogP contribution is -2.32. The predicted molar refractivity (Wildman–Crippen MR) is 90.9 cm³/mol. The van der Waals surface area contributed by atoms with Crippen LogP contribution in [0.2, 0.25) is 0 Å². The molecule has 0 saturated heterocycles. The third-order valence-electron chi connectivity index (χ3n) is 4.76. The smallest absolute Gasteiger partial charge is 0.0605 e. The minimum atomic E-state index is -0.225. The topological polar surface area (TPSA) is 20.2 Å². The average molecular weight is 283 g/mol. The molecule has 0 rings (SSSR count). The molecule has 1 nitrogen and oxygen atoms in total. The minimum absolute atomic E-state index is 0.218. The summed E-state index contributed by atoms with van der Waals surface area (Å²) >= 11 is 0. The Labute approximate surface area is 127 Å². The molecule has 0 aliphatic carbocycles. The van der Waals surface area contributed by atoms with Crippen LogP contribution in [0.1, 0.15) is 86.0 Å². The number of aliphatic hydroxyl groups is 1. The van der Waals surface area contributed by atoms with Crippen molar-refractivity contribution in [1.29, 1.82) is 0 Å². The van der Waals surface area contributed by atoms with Crippen molar-refractivity contribution in [3.05, 3.63) is 12.7 Å². The van der Waals surface area contributed by atoms with Crippen molar-refractivity contribution in [3.8, 4) is 0 Å². The van der Waals surface area contributed by atoms with Crippen molar-refractivity contribution in [2.24, 2.45) is 17.3 Å². The van der Waals surface area contributed by atoms with Crippen molar-refractivity contribution < 1.29 is 5.11 Å². The van der Waals surface area contributed by atoms with Gasteiger partial charge in [0, 0.05) is 5.92 Å². The zero-order valence-corrected chi connectivity index (χ0v) is 14.6. The Morgan fingerprint density at radius 3 is 1.95 bits per heavy atom. The van der Waals surface area contributed by atoms with Crippen molar-refractivity contribution >= 4 is 0 Å². The molecule has 0 radical (unpaired) electrons. The molecule has 0 spiro atoms. The summed E-state index contributed by atoms with van der Waals surface area (Å²) in [6.07, 6.45) is 11.8. The van der Waals surface area contributed by atoms with Gasteiger partial charge in [-0.1, -0.05) is 85.6 Å². The van der Waals surface area contributed by atoms with Crippen molar-refractivity contribution in [2.75, 3.05) is 0 Å². The highest BCUT2D eigenvalue weighted by Gasteiger charge is 2.30. The second kappa shape index (κ2) is 10.4.